The number of hydrogen-bond acceptors (Lipinski definition) is 3. The van der Waals surface area contributed by atoms with E-state index in [1.54, 1.807) is 12.1 Å². The van der Waals surface area contributed by atoms with E-state index < -0.39 is 5.97 Å². The van der Waals surface area contributed by atoms with E-state index in [-0.39, 0.29) is 12.2 Å². The van der Waals surface area contributed by atoms with Crippen molar-refractivity contribution in [2.75, 3.05) is 6.61 Å². The molecule has 0 saturated carbocycles. The molecule has 0 unspecified atom stereocenters. The molecule has 0 aliphatic rings. The van der Waals surface area contributed by atoms with Crippen LogP contribution in [0.5, 0.6) is 11.5 Å². The largest absolute Gasteiger partial charge is 0.504 e. The average molecular weight is 210 g/mol. The lowest BCUT2D eigenvalue weighted by Crippen LogP contribution is -2.00. The smallest absolute Gasteiger partial charge is 0.307 e. The lowest BCUT2D eigenvalue weighted by molar-refractivity contribution is -0.136. The minimum atomic E-state index is -0.920. The fourth-order valence-corrected chi connectivity index (χ4v) is 1.18. The number of carboxylic acids is 1. The Morgan fingerprint density at radius 2 is 2.20 bits per heavy atom. The first-order chi connectivity index (χ1) is 7.13. The standard InChI is InChI=1S/C11H14O4/c1-2-5-15-10-4-3-8(6-9(10)12)7-11(13)14/h3-4,6,12H,2,5,7H2,1H3,(H,13,14). The van der Waals surface area contributed by atoms with E-state index in [2.05, 4.69) is 0 Å². The van der Waals surface area contributed by atoms with Crippen LogP contribution in [-0.2, 0) is 11.2 Å². The summed E-state index contributed by atoms with van der Waals surface area (Å²) >= 11 is 0. The zero-order valence-electron chi connectivity index (χ0n) is 8.56. The van der Waals surface area contributed by atoms with Crippen LogP contribution in [-0.4, -0.2) is 22.8 Å². The van der Waals surface area contributed by atoms with Crippen molar-refractivity contribution in [1.29, 1.82) is 0 Å². The van der Waals surface area contributed by atoms with Gasteiger partial charge in [0.2, 0.25) is 0 Å². The Bertz CT molecular complexity index is 346. The number of aliphatic carboxylic acids is 1. The van der Waals surface area contributed by atoms with Gasteiger partial charge in [0.15, 0.2) is 11.5 Å². The van der Waals surface area contributed by atoms with Crippen LogP contribution in [0.25, 0.3) is 0 Å². The first kappa shape index (κ1) is 11.4. The molecule has 4 nitrogen and oxygen atoms in total. The van der Waals surface area contributed by atoms with Gasteiger partial charge >= 0.3 is 5.97 Å². The summed E-state index contributed by atoms with van der Waals surface area (Å²) in [6.45, 7) is 2.50. The van der Waals surface area contributed by atoms with Gasteiger partial charge in [-0.3, -0.25) is 4.79 Å². The maximum atomic E-state index is 10.4. The highest BCUT2D eigenvalue weighted by molar-refractivity contribution is 5.70. The van der Waals surface area contributed by atoms with E-state index in [0.717, 1.165) is 6.42 Å². The Morgan fingerprint density at radius 1 is 1.47 bits per heavy atom. The van der Waals surface area contributed by atoms with Crippen molar-refractivity contribution < 1.29 is 19.7 Å². The molecule has 0 aliphatic heterocycles. The molecule has 2 N–H and O–H groups in total. The third-order valence-corrected chi connectivity index (χ3v) is 1.84. The van der Waals surface area contributed by atoms with Gasteiger partial charge in [0.25, 0.3) is 0 Å². The van der Waals surface area contributed by atoms with Crippen molar-refractivity contribution in [3.05, 3.63) is 23.8 Å². The van der Waals surface area contributed by atoms with Crippen molar-refractivity contribution in [3.8, 4) is 11.5 Å². The molecule has 0 radical (unpaired) electrons. The maximum Gasteiger partial charge on any atom is 0.307 e. The molecule has 0 amide bonds. The SMILES string of the molecule is CCCOc1ccc(CC(=O)O)cc1O. The highest BCUT2D eigenvalue weighted by atomic mass is 16.5. The maximum absolute atomic E-state index is 10.4. The van der Waals surface area contributed by atoms with Crippen molar-refractivity contribution in [1.82, 2.24) is 0 Å². The van der Waals surface area contributed by atoms with Gasteiger partial charge in [0, 0.05) is 0 Å². The minimum absolute atomic E-state index is 0.0119. The van der Waals surface area contributed by atoms with E-state index in [9.17, 15) is 9.90 Å². The van der Waals surface area contributed by atoms with E-state index in [0.29, 0.717) is 17.9 Å². The molecule has 0 spiro atoms. The highest BCUT2D eigenvalue weighted by Gasteiger charge is 2.06. The fourth-order valence-electron chi connectivity index (χ4n) is 1.18. The second kappa shape index (κ2) is 5.24. The number of hydrogen-bond donors (Lipinski definition) is 2. The van der Waals surface area contributed by atoms with Crippen LogP contribution in [0.3, 0.4) is 0 Å². The molecular weight excluding hydrogens is 196 g/mol. The third-order valence-electron chi connectivity index (χ3n) is 1.84. The molecular formula is C11H14O4. The Kier molecular flexibility index (Phi) is 3.97. The predicted molar refractivity (Wildman–Crippen MR) is 55.2 cm³/mol. The molecule has 1 rings (SSSR count). The molecule has 0 heterocycles. The van der Waals surface area contributed by atoms with Crippen LogP contribution in [0, 0.1) is 0 Å². The van der Waals surface area contributed by atoms with E-state index in [1.807, 2.05) is 6.92 Å². The van der Waals surface area contributed by atoms with Crippen LogP contribution in [0.15, 0.2) is 18.2 Å². The molecule has 0 saturated heterocycles. The van der Waals surface area contributed by atoms with Crippen LogP contribution in [0.1, 0.15) is 18.9 Å². The van der Waals surface area contributed by atoms with Gasteiger partial charge in [-0.05, 0) is 24.1 Å². The first-order valence-electron chi connectivity index (χ1n) is 4.80. The van der Waals surface area contributed by atoms with E-state index >= 15 is 0 Å². The Morgan fingerprint density at radius 3 is 2.73 bits per heavy atom. The van der Waals surface area contributed by atoms with Gasteiger partial charge in [0.05, 0.1) is 13.0 Å². The van der Waals surface area contributed by atoms with Crippen LogP contribution in [0.2, 0.25) is 0 Å². The minimum Gasteiger partial charge on any atom is -0.504 e. The molecule has 0 bridgehead atoms. The van der Waals surface area contributed by atoms with Gasteiger partial charge in [0.1, 0.15) is 0 Å². The Labute approximate surface area is 88.1 Å². The molecule has 4 heteroatoms. The van der Waals surface area contributed by atoms with Crippen molar-refractivity contribution in [2.24, 2.45) is 0 Å². The molecule has 1 aromatic carbocycles. The van der Waals surface area contributed by atoms with E-state index in [1.165, 1.54) is 6.07 Å². The molecule has 0 aromatic heterocycles. The number of ether oxygens (including phenoxy) is 1. The van der Waals surface area contributed by atoms with E-state index in [4.69, 9.17) is 9.84 Å². The summed E-state index contributed by atoms with van der Waals surface area (Å²) < 4.78 is 5.25. The summed E-state index contributed by atoms with van der Waals surface area (Å²) in [7, 11) is 0. The number of benzene rings is 1. The first-order valence-corrected chi connectivity index (χ1v) is 4.80. The molecule has 0 fully saturated rings. The average Bonchev–Trinajstić information content (AvgIpc) is 2.15. The zero-order chi connectivity index (χ0) is 11.3. The normalized spacial score (nSPS) is 9.93. The molecule has 82 valence electrons. The molecule has 0 atom stereocenters. The van der Waals surface area contributed by atoms with Crippen molar-refractivity contribution in [3.63, 3.8) is 0 Å². The van der Waals surface area contributed by atoms with Crippen LogP contribution in [0.4, 0.5) is 0 Å². The van der Waals surface area contributed by atoms with Gasteiger partial charge in [-0.15, -0.1) is 0 Å². The van der Waals surface area contributed by atoms with Crippen molar-refractivity contribution >= 4 is 5.97 Å². The lowest BCUT2D eigenvalue weighted by Gasteiger charge is -2.07. The topological polar surface area (TPSA) is 66.8 Å². The number of rotatable bonds is 5. The van der Waals surface area contributed by atoms with Gasteiger partial charge in [-0.1, -0.05) is 13.0 Å². The number of phenolic OH excluding ortho intramolecular Hbond substituents is 1. The summed E-state index contributed by atoms with van der Waals surface area (Å²) in [6.07, 6.45) is 0.762. The molecule has 1 aromatic rings. The lowest BCUT2D eigenvalue weighted by atomic mass is 10.1. The predicted octanol–water partition coefficient (Wildman–Crippen LogP) is 1.81. The molecule has 0 aliphatic carbocycles. The van der Waals surface area contributed by atoms with Crippen LogP contribution >= 0.6 is 0 Å². The summed E-state index contributed by atoms with van der Waals surface area (Å²) in [5.74, 6) is -0.537. The zero-order valence-corrected chi connectivity index (χ0v) is 8.56. The van der Waals surface area contributed by atoms with Gasteiger partial charge in [-0.2, -0.15) is 0 Å². The van der Waals surface area contributed by atoms with Gasteiger partial charge in [-0.25, -0.2) is 0 Å². The Hall–Kier alpha value is -1.71. The third kappa shape index (κ3) is 3.50. The number of carbonyl (C=O) groups is 1. The summed E-state index contributed by atoms with van der Waals surface area (Å²) in [4.78, 5) is 10.4. The van der Waals surface area contributed by atoms with Crippen LogP contribution < -0.4 is 4.74 Å². The summed E-state index contributed by atoms with van der Waals surface area (Å²) in [5, 5.41) is 18.1. The summed E-state index contributed by atoms with van der Waals surface area (Å²) in [5.41, 5.74) is 0.559. The fraction of sp³-hybridized carbons (Fsp3) is 0.364. The highest BCUT2D eigenvalue weighted by Crippen LogP contribution is 2.27. The van der Waals surface area contributed by atoms with Gasteiger partial charge < -0.3 is 14.9 Å². The Balaban J connectivity index is 2.74. The molecule has 15 heavy (non-hydrogen) atoms. The second-order valence-corrected chi connectivity index (χ2v) is 3.22. The number of aromatic hydroxyl groups is 1. The summed E-state index contributed by atoms with van der Waals surface area (Å²) in [6, 6.07) is 4.64. The quantitative estimate of drug-likeness (QED) is 0.777. The number of phenols is 1. The second-order valence-electron chi connectivity index (χ2n) is 3.22. The monoisotopic (exact) mass is 210 g/mol. The van der Waals surface area contributed by atoms with Crippen molar-refractivity contribution in [2.45, 2.75) is 19.8 Å². The number of carboxylic acid groups (broad SMARTS) is 1.